The van der Waals surface area contributed by atoms with Crippen LogP contribution in [0.3, 0.4) is 0 Å². The summed E-state index contributed by atoms with van der Waals surface area (Å²) >= 11 is 1.75. The van der Waals surface area contributed by atoms with Gasteiger partial charge < -0.3 is 10.6 Å². The van der Waals surface area contributed by atoms with E-state index in [1.54, 1.807) is 17.4 Å². The number of nitrogens with one attached hydrogen (secondary N) is 2. The molecule has 28 heavy (non-hydrogen) atoms. The molecule has 2 aromatic rings. The van der Waals surface area contributed by atoms with Gasteiger partial charge in [0, 0.05) is 17.0 Å². The molecule has 148 valence electrons. The van der Waals surface area contributed by atoms with E-state index in [0.717, 1.165) is 32.2 Å². The summed E-state index contributed by atoms with van der Waals surface area (Å²) in [6, 6.07) is 12.1. The highest BCUT2D eigenvalue weighted by atomic mass is 32.1. The van der Waals surface area contributed by atoms with E-state index in [9.17, 15) is 9.59 Å². The van der Waals surface area contributed by atoms with E-state index in [-0.39, 0.29) is 17.9 Å². The number of amides is 2. The van der Waals surface area contributed by atoms with E-state index in [1.165, 1.54) is 17.7 Å². The van der Waals surface area contributed by atoms with Crippen molar-refractivity contribution >= 4 is 28.8 Å². The van der Waals surface area contributed by atoms with Crippen molar-refractivity contribution in [2.75, 3.05) is 18.4 Å². The second-order valence-electron chi connectivity index (χ2n) is 7.69. The summed E-state index contributed by atoms with van der Waals surface area (Å²) in [6.07, 6.45) is 6.62. The Balaban J connectivity index is 1.39. The summed E-state index contributed by atoms with van der Waals surface area (Å²) in [5.41, 5.74) is 1.13. The maximum absolute atomic E-state index is 12.7. The third kappa shape index (κ3) is 4.45. The zero-order valence-electron chi connectivity index (χ0n) is 16.0. The second kappa shape index (κ2) is 8.88. The predicted molar refractivity (Wildman–Crippen MR) is 113 cm³/mol. The lowest BCUT2D eigenvalue weighted by molar-refractivity contribution is -0.117. The zero-order chi connectivity index (χ0) is 19.3. The number of carbonyl (C=O) groups excluding carboxylic acids is 2. The van der Waals surface area contributed by atoms with Crippen LogP contribution >= 0.6 is 11.3 Å². The van der Waals surface area contributed by atoms with Crippen LogP contribution in [0.15, 0.2) is 41.8 Å². The number of anilines is 1. The van der Waals surface area contributed by atoms with E-state index >= 15 is 0 Å². The van der Waals surface area contributed by atoms with Crippen LogP contribution in [0.5, 0.6) is 0 Å². The number of benzene rings is 1. The summed E-state index contributed by atoms with van der Waals surface area (Å²) in [6.45, 7) is 1.28. The zero-order valence-corrected chi connectivity index (χ0v) is 16.8. The second-order valence-corrected chi connectivity index (χ2v) is 8.67. The third-order valence-corrected chi connectivity index (χ3v) is 6.69. The van der Waals surface area contributed by atoms with Crippen LogP contribution in [0.25, 0.3) is 0 Å². The van der Waals surface area contributed by atoms with Gasteiger partial charge in [-0.15, -0.1) is 11.3 Å². The molecule has 2 aliphatic rings. The van der Waals surface area contributed by atoms with Crippen molar-refractivity contribution in [1.82, 2.24) is 10.2 Å². The van der Waals surface area contributed by atoms with Crippen molar-refractivity contribution in [1.29, 1.82) is 0 Å². The molecule has 1 saturated heterocycles. The van der Waals surface area contributed by atoms with Gasteiger partial charge in [-0.05, 0) is 55.8 Å². The van der Waals surface area contributed by atoms with E-state index < -0.39 is 0 Å². The number of hydrogen-bond donors (Lipinski definition) is 2. The van der Waals surface area contributed by atoms with Gasteiger partial charge in [-0.2, -0.15) is 0 Å². The van der Waals surface area contributed by atoms with Gasteiger partial charge in [-0.25, -0.2) is 0 Å². The molecule has 2 N–H and O–H groups in total. The Hall–Kier alpha value is -2.18. The fourth-order valence-electron chi connectivity index (χ4n) is 4.32. The summed E-state index contributed by atoms with van der Waals surface area (Å²) in [5, 5.41) is 8.17. The van der Waals surface area contributed by atoms with Gasteiger partial charge in [0.2, 0.25) is 5.91 Å². The Morgan fingerprint density at radius 1 is 1.04 bits per heavy atom. The molecule has 2 fully saturated rings. The number of thiophene rings is 1. The van der Waals surface area contributed by atoms with Crippen molar-refractivity contribution in [3.8, 4) is 0 Å². The highest BCUT2D eigenvalue weighted by Gasteiger charge is 2.28. The van der Waals surface area contributed by atoms with Crippen LogP contribution in [0.4, 0.5) is 5.69 Å². The Morgan fingerprint density at radius 3 is 2.64 bits per heavy atom. The van der Waals surface area contributed by atoms with Gasteiger partial charge in [-0.3, -0.25) is 14.5 Å². The summed E-state index contributed by atoms with van der Waals surface area (Å²) in [4.78, 5) is 29.0. The van der Waals surface area contributed by atoms with Gasteiger partial charge in [-0.1, -0.05) is 31.0 Å². The molecule has 2 amide bonds. The highest BCUT2D eigenvalue weighted by molar-refractivity contribution is 7.10. The molecule has 2 heterocycles. The minimum Gasteiger partial charge on any atom is -0.349 e. The average molecular weight is 398 g/mol. The van der Waals surface area contributed by atoms with Crippen LogP contribution in [0.2, 0.25) is 0 Å². The number of carbonyl (C=O) groups is 2. The first-order valence-corrected chi connectivity index (χ1v) is 11.1. The fraction of sp³-hybridized carbons (Fsp3) is 0.455. The molecule has 6 heteroatoms. The molecule has 0 radical (unpaired) electrons. The minimum atomic E-state index is -0.0968. The van der Waals surface area contributed by atoms with Crippen LogP contribution in [-0.4, -0.2) is 35.8 Å². The van der Waals surface area contributed by atoms with E-state index in [1.807, 2.05) is 18.2 Å². The maximum atomic E-state index is 12.7. The third-order valence-electron chi connectivity index (χ3n) is 5.72. The minimum absolute atomic E-state index is 0.0652. The van der Waals surface area contributed by atoms with Crippen LogP contribution < -0.4 is 10.6 Å². The molecular formula is C22H27N3O2S. The fourth-order valence-corrected chi connectivity index (χ4v) is 5.21. The summed E-state index contributed by atoms with van der Waals surface area (Å²) < 4.78 is 0. The van der Waals surface area contributed by atoms with Crippen molar-refractivity contribution < 1.29 is 9.59 Å². The molecule has 5 nitrogen and oxygen atoms in total. The van der Waals surface area contributed by atoms with Crippen molar-refractivity contribution in [2.24, 2.45) is 0 Å². The lowest BCUT2D eigenvalue weighted by atomic mass is 10.1. The standard InChI is InChI=1S/C22H27N3O2S/c26-21(15-25-13-5-11-19(25)20-12-6-14-28-20)24-18-10-4-3-9-17(18)22(27)23-16-7-1-2-8-16/h3-4,6,9-10,12,14,16,19H,1-2,5,7-8,11,13,15H2,(H,23,27)(H,24,26)/t19-/m1/s1. The molecular weight excluding hydrogens is 370 g/mol. The number of nitrogens with zero attached hydrogens (tertiary/aromatic N) is 1. The SMILES string of the molecule is O=C(CN1CCC[C@@H]1c1cccs1)Nc1ccccc1C(=O)NC1CCCC1. The van der Waals surface area contributed by atoms with Crippen molar-refractivity contribution in [3.05, 3.63) is 52.2 Å². The lowest BCUT2D eigenvalue weighted by Crippen LogP contribution is -2.35. The Morgan fingerprint density at radius 2 is 1.86 bits per heavy atom. The van der Waals surface area contributed by atoms with Gasteiger partial charge in [0.1, 0.15) is 0 Å². The number of para-hydroxylation sites is 1. The van der Waals surface area contributed by atoms with Crippen LogP contribution in [0.1, 0.15) is 59.8 Å². The largest absolute Gasteiger partial charge is 0.349 e. The van der Waals surface area contributed by atoms with Gasteiger partial charge in [0.15, 0.2) is 0 Å². The van der Waals surface area contributed by atoms with Crippen LogP contribution in [0, 0.1) is 0 Å². The topological polar surface area (TPSA) is 61.4 Å². The number of hydrogen-bond acceptors (Lipinski definition) is 4. The molecule has 4 rings (SSSR count). The molecule has 1 aromatic carbocycles. The van der Waals surface area contributed by atoms with E-state index in [2.05, 4.69) is 33.0 Å². The molecule has 1 atom stereocenters. The van der Waals surface area contributed by atoms with Crippen LogP contribution in [-0.2, 0) is 4.79 Å². The monoisotopic (exact) mass is 397 g/mol. The molecule has 1 aliphatic heterocycles. The number of likely N-dealkylation sites (tertiary alicyclic amines) is 1. The Labute approximate surface area is 170 Å². The van der Waals surface area contributed by atoms with Crippen molar-refractivity contribution in [2.45, 2.75) is 50.6 Å². The number of rotatable bonds is 6. The molecule has 0 unspecified atom stereocenters. The summed E-state index contributed by atoms with van der Waals surface area (Å²) in [5.74, 6) is -0.162. The van der Waals surface area contributed by atoms with Gasteiger partial charge in [0.25, 0.3) is 5.91 Å². The van der Waals surface area contributed by atoms with Gasteiger partial charge >= 0.3 is 0 Å². The Kier molecular flexibility index (Phi) is 6.07. The van der Waals surface area contributed by atoms with E-state index in [0.29, 0.717) is 23.8 Å². The molecule has 1 aromatic heterocycles. The molecule has 1 saturated carbocycles. The average Bonchev–Trinajstić information content (AvgIpc) is 3.44. The lowest BCUT2D eigenvalue weighted by Gasteiger charge is -2.23. The predicted octanol–water partition coefficient (Wildman–Crippen LogP) is 4.20. The first-order chi connectivity index (χ1) is 13.7. The molecule has 0 spiro atoms. The van der Waals surface area contributed by atoms with E-state index in [4.69, 9.17) is 0 Å². The first-order valence-electron chi connectivity index (χ1n) is 10.2. The normalized spacial score (nSPS) is 20.4. The molecule has 1 aliphatic carbocycles. The Bertz CT molecular complexity index is 815. The maximum Gasteiger partial charge on any atom is 0.253 e. The highest BCUT2D eigenvalue weighted by Crippen LogP contribution is 2.34. The first kappa shape index (κ1) is 19.2. The molecule has 0 bridgehead atoms. The summed E-state index contributed by atoms with van der Waals surface area (Å²) in [7, 11) is 0. The van der Waals surface area contributed by atoms with Gasteiger partial charge in [0.05, 0.1) is 17.8 Å². The smallest absolute Gasteiger partial charge is 0.253 e. The van der Waals surface area contributed by atoms with Crippen molar-refractivity contribution in [3.63, 3.8) is 0 Å². The quantitative estimate of drug-likeness (QED) is 0.768.